The summed E-state index contributed by atoms with van der Waals surface area (Å²) in [5.74, 6) is 0.910. The first kappa shape index (κ1) is 14.4. The van der Waals surface area contributed by atoms with Crippen LogP contribution in [0.4, 0.5) is 0 Å². The minimum absolute atomic E-state index is 0.269. The molecule has 21 heavy (non-hydrogen) atoms. The predicted octanol–water partition coefficient (Wildman–Crippen LogP) is 2.39. The lowest BCUT2D eigenvalue weighted by atomic mass is 10.3. The fourth-order valence-corrected chi connectivity index (χ4v) is 3.03. The summed E-state index contributed by atoms with van der Waals surface area (Å²) >= 11 is 5.60. The maximum atomic E-state index is 5.60. The van der Waals surface area contributed by atoms with Crippen molar-refractivity contribution in [3.8, 4) is 5.69 Å². The van der Waals surface area contributed by atoms with Crippen LogP contribution < -0.4 is 0 Å². The molecule has 2 aromatic rings. The van der Waals surface area contributed by atoms with Gasteiger partial charge in [0, 0.05) is 18.8 Å². The number of aromatic nitrogens is 3. The lowest BCUT2D eigenvalue weighted by Gasteiger charge is -2.30. The summed E-state index contributed by atoms with van der Waals surface area (Å²) in [6.45, 7) is 7.41. The number of ether oxygens (including phenoxy) is 1. The highest BCUT2D eigenvalue weighted by molar-refractivity contribution is 7.71. The maximum absolute atomic E-state index is 5.60. The largest absolute Gasteiger partial charge is 0.376 e. The summed E-state index contributed by atoms with van der Waals surface area (Å²) in [7, 11) is 0. The standard InChI is InChI=1S/C15H20N4OS/c1-12-10-17(8-9-20-12)11-18-15(21)19(13(2)16-18)14-6-4-3-5-7-14/h3-7,12H,8-11H2,1-2H3/t12-/m0/s1. The van der Waals surface area contributed by atoms with Gasteiger partial charge in [-0.15, -0.1) is 0 Å². The lowest BCUT2D eigenvalue weighted by molar-refractivity contribution is -0.0307. The molecule has 0 amide bonds. The monoisotopic (exact) mass is 304 g/mol. The molecule has 0 bridgehead atoms. The maximum Gasteiger partial charge on any atom is 0.203 e. The van der Waals surface area contributed by atoms with Gasteiger partial charge >= 0.3 is 0 Å². The van der Waals surface area contributed by atoms with Crippen molar-refractivity contribution in [3.05, 3.63) is 40.9 Å². The van der Waals surface area contributed by atoms with Gasteiger partial charge in [-0.2, -0.15) is 5.10 Å². The number of benzene rings is 1. The number of para-hydroxylation sites is 1. The highest BCUT2D eigenvalue weighted by Gasteiger charge is 2.18. The van der Waals surface area contributed by atoms with Crippen LogP contribution >= 0.6 is 12.2 Å². The fraction of sp³-hybridized carbons (Fsp3) is 0.467. The molecule has 5 nitrogen and oxygen atoms in total. The highest BCUT2D eigenvalue weighted by atomic mass is 32.1. The quantitative estimate of drug-likeness (QED) is 0.816. The Morgan fingerprint density at radius 3 is 2.81 bits per heavy atom. The van der Waals surface area contributed by atoms with Gasteiger partial charge in [0.05, 0.1) is 19.4 Å². The zero-order valence-electron chi connectivity index (χ0n) is 12.4. The van der Waals surface area contributed by atoms with Crippen LogP contribution in [0.1, 0.15) is 12.7 Å². The molecule has 1 saturated heterocycles. The summed E-state index contributed by atoms with van der Waals surface area (Å²) in [4.78, 5) is 2.33. The first-order chi connectivity index (χ1) is 10.1. The van der Waals surface area contributed by atoms with Gasteiger partial charge in [-0.1, -0.05) is 18.2 Å². The topological polar surface area (TPSA) is 35.2 Å². The molecule has 1 aliphatic heterocycles. The molecule has 0 radical (unpaired) electrons. The third-order valence-corrected chi connectivity index (χ3v) is 4.07. The SMILES string of the molecule is Cc1nn(CN2CCO[C@@H](C)C2)c(=S)n1-c1ccccc1. The Morgan fingerprint density at radius 1 is 1.33 bits per heavy atom. The molecule has 0 saturated carbocycles. The molecular formula is C15H20N4OS. The van der Waals surface area contributed by atoms with Crippen molar-refractivity contribution in [3.63, 3.8) is 0 Å². The van der Waals surface area contributed by atoms with Crippen molar-refractivity contribution < 1.29 is 4.74 Å². The second kappa shape index (κ2) is 6.09. The minimum Gasteiger partial charge on any atom is -0.376 e. The summed E-state index contributed by atoms with van der Waals surface area (Å²) in [5.41, 5.74) is 1.06. The van der Waals surface area contributed by atoms with E-state index >= 15 is 0 Å². The Bertz CT molecular complexity index is 664. The van der Waals surface area contributed by atoms with Gasteiger partial charge in [0.25, 0.3) is 0 Å². The zero-order valence-corrected chi connectivity index (χ0v) is 13.2. The van der Waals surface area contributed by atoms with E-state index in [1.165, 1.54) is 0 Å². The molecule has 6 heteroatoms. The Kier molecular flexibility index (Phi) is 4.19. The molecule has 1 aromatic heterocycles. The van der Waals surface area contributed by atoms with Gasteiger partial charge in [-0.25, -0.2) is 4.68 Å². The van der Waals surface area contributed by atoms with E-state index in [0.29, 0.717) is 6.67 Å². The molecule has 1 atom stereocenters. The number of aryl methyl sites for hydroxylation is 1. The van der Waals surface area contributed by atoms with E-state index in [0.717, 1.165) is 36.0 Å². The first-order valence-electron chi connectivity index (χ1n) is 7.21. The fourth-order valence-electron chi connectivity index (χ4n) is 2.69. The molecule has 2 heterocycles. The number of nitrogens with zero attached hydrogens (tertiary/aromatic N) is 4. The van der Waals surface area contributed by atoms with Crippen molar-refractivity contribution >= 4 is 12.2 Å². The Labute approximate surface area is 129 Å². The average Bonchev–Trinajstić information content (AvgIpc) is 2.74. The molecule has 0 N–H and O–H groups in total. The molecule has 0 unspecified atom stereocenters. The molecule has 3 rings (SSSR count). The first-order valence-corrected chi connectivity index (χ1v) is 7.62. The van der Waals surface area contributed by atoms with Crippen LogP contribution in [0, 0.1) is 11.7 Å². The molecule has 0 spiro atoms. The van der Waals surface area contributed by atoms with E-state index in [4.69, 9.17) is 17.0 Å². The molecule has 1 aromatic carbocycles. The van der Waals surface area contributed by atoms with Gasteiger partial charge in [0.2, 0.25) is 4.77 Å². The number of morpholine rings is 1. The molecular weight excluding hydrogens is 284 g/mol. The summed E-state index contributed by atoms with van der Waals surface area (Å²) in [6, 6.07) is 10.1. The highest BCUT2D eigenvalue weighted by Crippen LogP contribution is 2.13. The molecule has 0 aliphatic carbocycles. The number of rotatable bonds is 3. The second-order valence-electron chi connectivity index (χ2n) is 5.40. The third-order valence-electron chi connectivity index (χ3n) is 3.67. The molecule has 1 fully saturated rings. The minimum atomic E-state index is 0.269. The molecule has 112 valence electrons. The summed E-state index contributed by atoms with van der Waals surface area (Å²) < 4.78 is 10.2. The predicted molar refractivity (Wildman–Crippen MR) is 84.1 cm³/mol. The van der Waals surface area contributed by atoms with E-state index in [9.17, 15) is 0 Å². The Hall–Kier alpha value is -1.50. The van der Waals surface area contributed by atoms with Crippen LogP contribution in [0.2, 0.25) is 0 Å². The third kappa shape index (κ3) is 3.07. The van der Waals surface area contributed by atoms with E-state index in [2.05, 4.69) is 16.9 Å². The smallest absolute Gasteiger partial charge is 0.203 e. The van der Waals surface area contributed by atoms with Crippen LogP contribution in [0.3, 0.4) is 0 Å². The molecule has 1 aliphatic rings. The van der Waals surface area contributed by atoms with Crippen LogP contribution in [-0.4, -0.2) is 45.0 Å². The van der Waals surface area contributed by atoms with Crippen molar-refractivity contribution in [1.82, 2.24) is 19.2 Å². The van der Waals surface area contributed by atoms with Crippen molar-refractivity contribution in [2.75, 3.05) is 19.7 Å². The number of hydrogen-bond donors (Lipinski definition) is 0. The van der Waals surface area contributed by atoms with Crippen LogP contribution in [0.15, 0.2) is 30.3 Å². The van der Waals surface area contributed by atoms with Gasteiger partial charge in [0.15, 0.2) is 0 Å². The average molecular weight is 304 g/mol. The van der Waals surface area contributed by atoms with E-state index in [-0.39, 0.29) is 6.10 Å². The van der Waals surface area contributed by atoms with Crippen molar-refractivity contribution in [2.45, 2.75) is 26.6 Å². The summed E-state index contributed by atoms with van der Waals surface area (Å²) in [6.07, 6.45) is 0.269. The van der Waals surface area contributed by atoms with E-state index in [1.54, 1.807) is 0 Å². The van der Waals surface area contributed by atoms with Gasteiger partial charge in [-0.3, -0.25) is 9.47 Å². The van der Waals surface area contributed by atoms with Gasteiger partial charge in [0.1, 0.15) is 5.82 Å². The Balaban J connectivity index is 1.86. The zero-order chi connectivity index (χ0) is 14.8. The van der Waals surface area contributed by atoms with E-state index in [1.807, 2.05) is 46.5 Å². The van der Waals surface area contributed by atoms with Crippen LogP contribution in [0.5, 0.6) is 0 Å². The lowest BCUT2D eigenvalue weighted by Crippen LogP contribution is -2.42. The van der Waals surface area contributed by atoms with E-state index < -0.39 is 0 Å². The normalized spacial score (nSPS) is 19.8. The van der Waals surface area contributed by atoms with Crippen LogP contribution in [-0.2, 0) is 11.4 Å². The van der Waals surface area contributed by atoms with Crippen LogP contribution in [0.25, 0.3) is 5.69 Å². The Morgan fingerprint density at radius 2 is 2.10 bits per heavy atom. The van der Waals surface area contributed by atoms with Crippen molar-refractivity contribution in [2.24, 2.45) is 0 Å². The van der Waals surface area contributed by atoms with Gasteiger partial charge in [-0.05, 0) is 38.2 Å². The van der Waals surface area contributed by atoms with Gasteiger partial charge < -0.3 is 4.74 Å². The van der Waals surface area contributed by atoms with Crippen molar-refractivity contribution in [1.29, 1.82) is 0 Å². The summed E-state index contributed by atoms with van der Waals surface area (Å²) in [5, 5.41) is 4.60. The number of hydrogen-bond acceptors (Lipinski definition) is 4. The second-order valence-corrected chi connectivity index (χ2v) is 5.77.